The minimum absolute atomic E-state index is 0.0139. The molecule has 1 aromatic heterocycles. The van der Waals surface area contributed by atoms with Crippen LogP contribution in [0.1, 0.15) is 32.2 Å². The smallest absolute Gasteiger partial charge is 0.231 e. The van der Waals surface area contributed by atoms with Gasteiger partial charge in [0.1, 0.15) is 11.6 Å². The summed E-state index contributed by atoms with van der Waals surface area (Å²) in [5.74, 6) is -0.512. The maximum atomic E-state index is 12.2. The molecule has 1 fully saturated rings. The molecule has 0 bridgehead atoms. The van der Waals surface area contributed by atoms with Gasteiger partial charge >= 0.3 is 0 Å². The van der Waals surface area contributed by atoms with Crippen LogP contribution in [0.25, 0.3) is 0 Å². The number of carbonyl (C=O) groups excluding carboxylic acids is 2. The average Bonchev–Trinajstić information content (AvgIpc) is 2.96. The number of aromatic nitrogens is 2. The van der Waals surface area contributed by atoms with E-state index in [9.17, 15) is 9.59 Å². The minimum atomic E-state index is -0.341. The van der Waals surface area contributed by atoms with E-state index in [4.69, 9.17) is 4.74 Å². The van der Waals surface area contributed by atoms with Crippen molar-refractivity contribution in [2.24, 2.45) is 5.92 Å². The molecule has 0 aromatic carbocycles. The van der Waals surface area contributed by atoms with Gasteiger partial charge < -0.3 is 15.0 Å². The van der Waals surface area contributed by atoms with E-state index in [2.05, 4.69) is 15.5 Å². The molecular formula is C13H20N4O3S. The van der Waals surface area contributed by atoms with E-state index in [1.807, 2.05) is 20.8 Å². The van der Waals surface area contributed by atoms with Crippen molar-refractivity contribution in [2.75, 3.05) is 19.0 Å². The summed E-state index contributed by atoms with van der Waals surface area (Å²) < 4.78 is 4.96. The van der Waals surface area contributed by atoms with Crippen LogP contribution in [0.3, 0.4) is 0 Å². The molecular weight excluding hydrogens is 292 g/mol. The van der Waals surface area contributed by atoms with Crippen molar-refractivity contribution in [3.63, 3.8) is 0 Å². The number of rotatable bonds is 4. The molecule has 1 N–H and O–H groups in total. The largest absolute Gasteiger partial charge is 0.377 e. The summed E-state index contributed by atoms with van der Waals surface area (Å²) in [4.78, 5) is 25.9. The Morgan fingerprint density at radius 2 is 2.19 bits per heavy atom. The Labute approximate surface area is 127 Å². The van der Waals surface area contributed by atoms with Crippen LogP contribution < -0.4 is 5.32 Å². The van der Waals surface area contributed by atoms with Crippen molar-refractivity contribution in [3.8, 4) is 0 Å². The fourth-order valence-electron chi connectivity index (χ4n) is 2.22. The zero-order valence-electron chi connectivity index (χ0n) is 12.7. The second-order valence-electron chi connectivity index (χ2n) is 6.00. The lowest BCUT2D eigenvalue weighted by molar-refractivity contribution is -0.131. The third-order valence-corrected chi connectivity index (χ3v) is 4.08. The predicted octanol–water partition coefficient (Wildman–Crippen LogP) is 1.27. The Bertz CT molecular complexity index is 538. The number of nitrogens with one attached hydrogen (secondary N) is 1. The second kappa shape index (κ2) is 6.07. The van der Waals surface area contributed by atoms with Crippen molar-refractivity contribution in [3.05, 3.63) is 5.01 Å². The highest BCUT2D eigenvalue weighted by Gasteiger charge is 2.39. The molecule has 2 heterocycles. The van der Waals surface area contributed by atoms with E-state index < -0.39 is 0 Å². The zero-order valence-corrected chi connectivity index (χ0v) is 13.5. The highest BCUT2D eigenvalue weighted by atomic mass is 32.1. The summed E-state index contributed by atoms with van der Waals surface area (Å²) in [6.07, 6.45) is 0.243. The molecule has 7 nitrogen and oxygen atoms in total. The maximum absolute atomic E-state index is 12.2. The molecule has 21 heavy (non-hydrogen) atoms. The van der Waals surface area contributed by atoms with E-state index in [-0.39, 0.29) is 29.7 Å². The Kier molecular flexibility index (Phi) is 4.58. The number of hydrogen-bond donors (Lipinski definition) is 1. The van der Waals surface area contributed by atoms with Gasteiger partial charge in [-0.2, -0.15) is 0 Å². The number of nitrogens with zero attached hydrogens (tertiary/aromatic N) is 3. The van der Waals surface area contributed by atoms with Crippen LogP contribution in [0.2, 0.25) is 0 Å². The van der Waals surface area contributed by atoms with Crippen LogP contribution in [-0.2, 0) is 20.9 Å². The molecule has 2 rings (SSSR count). The van der Waals surface area contributed by atoms with E-state index in [1.165, 1.54) is 11.3 Å². The number of anilines is 1. The normalized spacial score (nSPS) is 19.1. The van der Waals surface area contributed by atoms with Crippen LogP contribution in [0.5, 0.6) is 0 Å². The van der Waals surface area contributed by atoms with Crippen molar-refractivity contribution >= 4 is 28.3 Å². The number of amides is 2. The second-order valence-corrected chi connectivity index (χ2v) is 7.06. The van der Waals surface area contributed by atoms with Gasteiger partial charge in [0.2, 0.25) is 16.9 Å². The Morgan fingerprint density at radius 1 is 1.48 bits per heavy atom. The van der Waals surface area contributed by atoms with E-state index in [0.29, 0.717) is 23.3 Å². The first-order chi connectivity index (χ1) is 9.81. The quantitative estimate of drug-likeness (QED) is 0.905. The molecule has 1 aliphatic rings. The van der Waals surface area contributed by atoms with Crippen molar-refractivity contribution in [2.45, 2.75) is 39.3 Å². The molecule has 116 valence electrons. The lowest BCUT2D eigenvalue weighted by Crippen LogP contribution is -2.42. The third-order valence-electron chi connectivity index (χ3n) is 3.27. The molecule has 1 aliphatic heterocycles. The first kappa shape index (κ1) is 15.8. The maximum Gasteiger partial charge on any atom is 0.231 e. The predicted molar refractivity (Wildman–Crippen MR) is 78.8 cm³/mol. The van der Waals surface area contributed by atoms with Gasteiger partial charge in [0, 0.05) is 25.6 Å². The van der Waals surface area contributed by atoms with Gasteiger partial charge in [-0.1, -0.05) is 11.3 Å². The number of likely N-dealkylation sites (tertiary alicyclic amines) is 1. The third kappa shape index (κ3) is 3.76. The van der Waals surface area contributed by atoms with Gasteiger partial charge in [0.25, 0.3) is 0 Å². The minimum Gasteiger partial charge on any atom is -0.377 e. The molecule has 0 spiro atoms. The van der Waals surface area contributed by atoms with Gasteiger partial charge in [0.05, 0.1) is 5.92 Å². The summed E-state index contributed by atoms with van der Waals surface area (Å²) in [6, 6.07) is 0. The fraction of sp³-hybridized carbons (Fsp3) is 0.692. The van der Waals surface area contributed by atoms with Crippen LogP contribution in [0.4, 0.5) is 5.13 Å². The summed E-state index contributed by atoms with van der Waals surface area (Å²) in [7, 11) is 1.57. The SMILES string of the molecule is COCc1nnc(NC(=O)[C@@H]2CC(=O)N(C(C)(C)C)C2)s1. The fourth-order valence-corrected chi connectivity index (χ4v) is 2.94. The summed E-state index contributed by atoms with van der Waals surface area (Å²) >= 11 is 1.27. The number of carbonyl (C=O) groups is 2. The van der Waals surface area contributed by atoms with Gasteiger partial charge in [-0.25, -0.2) is 0 Å². The summed E-state index contributed by atoms with van der Waals surface area (Å²) in [5, 5.41) is 11.7. The molecule has 1 atom stereocenters. The Morgan fingerprint density at radius 3 is 2.76 bits per heavy atom. The van der Waals surface area contributed by atoms with Gasteiger partial charge in [-0.3, -0.25) is 9.59 Å². The monoisotopic (exact) mass is 312 g/mol. The van der Waals surface area contributed by atoms with Crippen LogP contribution in [-0.4, -0.2) is 46.1 Å². The average molecular weight is 312 g/mol. The first-order valence-corrected chi connectivity index (χ1v) is 7.55. The number of ether oxygens (including phenoxy) is 1. The van der Waals surface area contributed by atoms with Crippen LogP contribution in [0.15, 0.2) is 0 Å². The summed E-state index contributed by atoms with van der Waals surface area (Å²) in [5.41, 5.74) is -0.263. The lowest BCUT2D eigenvalue weighted by atomic mass is 10.1. The summed E-state index contributed by atoms with van der Waals surface area (Å²) in [6.45, 7) is 6.71. The standard InChI is InChI=1S/C13H20N4O3S/c1-13(2,3)17-6-8(5-10(17)18)11(19)14-12-16-15-9(21-12)7-20-4/h8H,5-7H2,1-4H3,(H,14,16,19)/t8-/m1/s1. The highest BCUT2D eigenvalue weighted by Crippen LogP contribution is 2.27. The molecule has 0 unspecified atom stereocenters. The number of hydrogen-bond acceptors (Lipinski definition) is 6. The highest BCUT2D eigenvalue weighted by molar-refractivity contribution is 7.15. The van der Waals surface area contributed by atoms with Gasteiger partial charge in [-0.15, -0.1) is 10.2 Å². The number of methoxy groups -OCH3 is 1. The topological polar surface area (TPSA) is 84.4 Å². The molecule has 1 saturated heterocycles. The molecule has 0 saturated carbocycles. The van der Waals surface area contributed by atoms with Crippen molar-refractivity contribution in [1.29, 1.82) is 0 Å². The van der Waals surface area contributed by atoms with Gasteiger partial charge in [-0.05, 0) is 20.8 Å². The van der Waals surface area contributed by atoms with Crippen molar-refractivity contribution in [1.82, 2.24) is 15.1 Å². The van der Waals surface area contributed by atoms with E-state index in [1.54, 1.807) is 12.0 Å². The lowest BCUT2D eigenvalue weighted by Gasteiger charge is -2.31. The Balaban J connectivity index is 1.96. The van der Waals surface area contributed by atoms with Crippen LogP contribution >= 0.6 is 11.3 Å². The van der Waals surface area contributed by atoms with Crippen molar-refractivity contribution < 1.29 is 14.3 Å². The van der Waals surface area contributed by atoms with Gasteiger partial charge in [0.15, 0.2) is 0 Å². The zero-order chi connectivity index (χ0) is 15.6. The van der Waals surface area contributed by atoms with E-state index >= 15 is 0 Å². The van der Waals surface area contributed by atoms with E-state index in [0.717, 1.165) is 0 Å². The molecule has 2 amide bonds. The molecule has 0 aliphatic carbocycles. The first-order valence-electron chi connectivity index (χ1n) is 6.74. The van der Waals surface area contributed by atoms with Crippen LogP contribution in [0, 0.1) is 5.92 Å². The molecule has 8 heteroatoms. The molecule has 0 radical (unpaired) electrons. The Hall–Kier alpha value is -1.54. The molecule has 1 aromatic rings.